The van der Waals surface area contributed by atoms with Gasteiger partial charge in [-0.15, -0.1) is 0 Å². The zero-order valence-corrected chi connectivity index (χ0v) is 9.95. The highest BCUT2D eigenvalue weighted by molar-refractivity contribution is 9.10. The minimum atomic E-state index is -1.03. The molecular formula is C11H7BrN2O2. The van der Waals surface area contributed by atoms with Gasteiger partial charge < -0.3 is 9.67 Å². The second-order valence-electron chi connectivity index (χ2n) is 3.40. The summed E-state index contributed by atoms with van der Waals surface area (Å²) in [6, 6.07) is 6.75. The second kappa shape index (κ2) is 3.65. The number of carboxylic acid groups (broad SMARTS) is 1. The molecule has 0 fully saturated rings. The third-order valence-electron chi connectivity index (χ3n) is 2.44. The van der Waals surface area contributed by atoms with E-state index in [0.29, 0.717) is 5.56 Å². The van der Waals surface area contributed by atoms with Crippen molar-refractivity contribution in [2.24, 2.45) is 7.05 Å². The summed E-state index contributed by atoms with van der Waals surface area (Å²) in [6.07, 6.45) is 0. The molecule has 1 aromatic heterocycles. The molecular weight excluding hydrogens is 272 g/mol. The van der Waals surface area contributed by atoms with Gasteiger partial charge in [0.2, 0.25) is 0 Å². The second-order valence-corrected chi connectivity index (χ2v) is 4.22. The van der Waals surface area contributed by atoms with Crippen LogP contribution in [-0.2, 0) is 7.05 Å². The van der Waals surface area contributed by atoms with Gasteiger partial charge in [-0.2, -0.15) is 5.26 Å². The molecule has 1 aromatic carbocycles. The Morgan fingerprint density at radius 3 is 2.75 bits per heavy atom. The topological polar surface area (TPSA) is 66.0 Å². The predicted molar refractivity (Wildman–Crippen MR) is 62.3 cm³/mol. The van der Waals surface area contributed by atoms with Crippen LogP contribution in [0.5, 0.6) is 0 Å². The first kappa shape index (κ1) is 10.7. The van der Waals surface area contributed by atoms with Gasteiger partial charge in [0.15, 0.2) is 0 Å². The molecule has 1 heterocycles. The molecule has 1 N–H and O–H groups in total. The van der Waals surface area contributed by atoms with Crippen LogP contribution in [0.1, 0.15) is 15.9 Å². The van der Waals surface area contributed by atoms with E-state index in [1.54, 1.807) is 16.7 Å². The summed E-state index contributed by atoms with van der Waals surface area (Å²) in [5.41, 5.74) is 1.23. The number of fused-ring (bicyclic) bond motifs is 1. The molecule has 0 aliphatic carbocycles. The lowest BCUT2D eigenvalue weighted by Gasteiger charge is -2.01. The van der Waals surface area contributed by atoms with Crippen LogP contribution in [0, 0.1) is 11.3 Å². The Morgan fingerprint density at radius 1 is 1.50 bits per heavy atom. The molecule has 4 nitrogen and oxygen atoms in total. The van der Waals surface area contributed by atoms with E-state index < -0.39 is 5.97 Å². The van der Waals surface area contributed by atoms with E-state index in [2.05, 4.69) is 15.9 Å². The smallest absolute Gasteiger partial charge is 0.335 e. The molecule has 2 aromatic rings. The summed E-state index contributed by atoms with van der Waals surface area (Å²) in [5.74, 6) is -1.03. The standard InChI is InChI=1S/C11H7BrN2O2/c1-14-9(12)4-6-2-7(11(15)16)3-8(5-13)10(6)14/h2-4H,1H3,(H,15,16). The quantitative estimate of drug-likeness (QED) is 0.872. The van der Waals surface area contributed by atoms with Gasteiger partial charge in [-0.1, -0.05) is 0 Å². The average Bonchev–Trinajstić information content (AvgIpc) is 2.53. The van der Waals surface area contributed by atoms with Crippen molar-refractivity contribution in [3.63, 3.8) is 0 Å². The Bertz CT molecular complexity index is 637. The SMILES string of the molecule is Cn1c(Br)cc2cc(C(=O)O)cc(C#N)c21. The lowest BCUT2D eigenvalue weighted by Crippen LogP contribution is -1.98. The van der Waals surface area contributed by atoms with Crippen LogP contribution in [0.3, 0.4) is 0 Å². The van der Waals surface area contributed by atoms with Gasteiger partial charge in [0.05, 0.1) is 21.2 Å². The number of carbonyl (C=O) groups is 1. The van der Waals surface area contributed by atoms with Gasteiger partial charge in [0, 0.05) is 12.4 Å². The number of hydrogen-bond acceptors (Lipinski definition) is 2. The van der Waals surface area contributed by atoms with Crippen LogP contribution in [0.25, 0.3) is 10.9 Å². The lowest BCUT2D eigenvalue weighted by atomic mass is 10.1. The number of halogens is 1. The molecule has 0 aliphatic heterocycles. The molecule has 0 saturated carbocycles. The summed E-state index contributed by atoms with van der Waals surface area (Å²) in [6.45, 7) is 0. The van der Waals surface area contributed by atoms with Crippen LogP contribution >= 0.6 is 15.9 Å². The van der Waals surface area contributed by atoms with Crippen LogP contribution in [0.15, 0.2) is 22.8 Å². The highest BCUT2D eigenvalue weighted by Crippen LogP contribution is 2.26. The van der Waals surface area contributed by atoms with E-state index in [9.17, 15) is 4.79 Å². The van der Waals surface area contributed by atoms with Gasteiger partial charge >= 0.3 is 5.97 Å². The summed E-state index contributed by atoms with van der Waals surface area (Å²) < 4.78 is 2.61. The van der Waals surface area contributed by atoms with Gasteiger partial charge in [-0.25, -0.2) is 4.79 Å². The lowest BCUT2D eigenvalue weighted by molar-refractivity contribution is 0.0697. The number of benzene rings is 1. The van der Waals surface area contributed by atoms with E-state index in [1.165, 1.54) is 6.07 Å². The highest BCUT2D eigenvalue weighted by Gasteiger charge is 2.13. The van der Waals surface area contributed by atoms with E-state index in [1.807, 2.05) is 13.1 Å². The Hall–Kier alpha value is -1.80. The van der Waals surface area contributed by atoms with Gasteiger partial charge in [-0.05, 0) is 34.1 Å². The fraction of sp³-hybridized carbons (Fsp3) is 0.0909. The number of aromatic nitrogens is 1. The zero-order valence-electron chi connectivity index (χ0n) is 8.36. The van der Waals surface area contributed by atoms with Crippen LogP contribution in [0.2, 0.25) is 0 Å². The molecule has 0 amide bonds. The molecule has 0 saturated heterocycles. The van der Waals surface area contributed by atoms with Gasteiger partial charge in [-0.3, -0.25) is 0 Å². The minimum absolute atomic E-state index is 0.127. The Labute approximate surface area is 99.8 Å². The predicted octanol–water partition coefficient (Wildman–Crippen LogP) is 2.51. The van der Waals surface area contributed by atoms with Gasteiger partial charge in [0.25, 0.3) is 0 Å². The number of aromatic carboxylic acids is 1. The molecule has 0 atom stereocenters. The molecule has 0 spiro atoms. The fourth-order valence-electron chi connectivity index (χ4n) is 1.68. The van der Waals surface area contributed by atoms with E-state index in [4.69, 9.17) is 10.4 Å². The molecule has 0 aliphatic rings. The normalized spacial score (nSPS) is 10.3. The van der Waals surface area contributed by atoms with Crippen molar-refractivity contribution in [3.05, 3.63) is 33.9 Å². The third-order valence-corrected chi connectivity index (χ3v) is 3.20. The number of nitrogens with zero attached hydrogens (tertiary/aromatic N) is 2. The number of carboxylic acids is 1. The third kappa shape index (κ3) is 1.48. The maximum Gasteiger partial charge on any atom is 0.335 e. The molecule has 5 heteroatoms. The molecule has 0 unspecified atom stereocenters. The van der Waals surface area contributed by atoms with Crippen molar-refractivity contribution in [2.75, 3.05) is 0 Å². The first-order chi connectivity index (χ1) is 7.54. The average molecular weight is 279 g/mol. The maximum absolute atomic E-state index is 10.9. The molecule has 0 bridgehead atoms. The van der Waals surface area contributed by atoms with Crippen LogP contribution in [-0.4, -0.2) is 15.6 Å². The monoisotopic (exact) mass is 278 g/mol. The van der Waals surface area contributed by atoms with Crippen LogP contribution in [0.4, 0.5) is 0 Å². The number of rotatable bonds is 1. The van der Waals surface area contributed by atoms with Crippen LogP contribution < -0.4 is 0 Å². The molecule has 0 radical (unpaired) electrons. The van der Waals surface area contributed by atoms with Crippen molar-refractivity contribution in [2.45, 2.75) is 0 Å². The Kier molecular flexibility index (Phi) is 2.44. The number of nitriles is 1. The Morgan fingerprint density at radius 2 is 2.19 bits per heavy atom. The van der Waals surface area contributed by atoms with Crippen molar-refractivity contribution in [3.8, 4) is 6.07 Å². The minimum Gasteiger partial charge on any atom is -0.478 e. The maximum atomic E-state index is 10.9. The van der Waals surface area contributed by atoms with E-state index in [0.717, 1.165) is 15.5 Å². The summed E-state index contributed by atoms with van der Waals surface area (Å²) in [5, 5.41) is 18.7. The Balaban J connectivity index is 2.90. The van der Waals surface area contributed by atoms with E-state index in [-0.39, 0.29) is 5.56 Å². The largest absolute Gasteiger partial charge is 0.478 e. The first-order valence-corrected chi connectivity index (χ1v) is 5.26. The van der Waals surface area contributed by atoms with Crippen molar-refractivity contribution >= 4 is 32.8 Å². The molecule has 2 rings (SSSR count). The first-order valence-electron chi connectivity index (χ1n) is 4.47. The highest BCUT2D eigenvalue weighted by atomic mass is 79.9. The van der Waals surface area contributed by atoms with Crippen molar-refractivity contribution in [1.29, 1.82) is 5.26 Å². The van der Waals surface area contributed by atoms with Gasteiger partial charge in [0.1, 0.15) is 6.07 Å². The summed E-state index contributed by atoms with van der Waals surface area (Å²) in [7, 11) is 1.81. The van der Waals surface area contributed by atoms with E-state index >= 15 is 0 Å². The molecule has 80 valence electrons. The summed E-state index contributed by atoms with van der Waals surface area (Å²) in [4.78, 5) is 10.9. The zero-order chi connectivity index (χ0) is 11.9. The summed E-state index contributed by atoms with van der Waals surface area (Å²) >= 11 is 3.34. The van der Waals surface area contributed by atoms with Crippen molar-refractivity contribution < 1.29 is 9.90 Å². The molecule has 16 heavy (non-hydrogen) atoms. The fourth-order valence-corrected chi connectivity index (χ4v) is 2.11. The number of hydrogen-bond donors (Lipinski definition) is 1. The van der Waals surface area contributed by atoms with Crippen molar-refractivity contribution in [1.82, 2.24) is 4.57 Å². The number of aryl methyl sites for hydroxylation is 1.